The summed E-state index contributed by atoms with van der Waals surface area (Å²) in [6.45, 7) is -5.35. The largest absolute Gasteiger partial charge is 0.511 e. The lowest BCUT2D eigenvalue weighted by Crippen LogP contribution is -2.35. The Bertz CT molecular complexity index is 488. The molecule has 0 saturated heterocycles. The summed E-state index contributed by atoms with van der Waals surface area (Å²) in [5, 5.41) is 4.14. The fourth-order valence-electron chi connectivity index (χ4n) is 0.950. The third-order valence-corrected chi connectivity index (χ3v) is 2.90. The molecule has 0 heterocycles. The Hall–Kier alpha value is -0.725. The highest BCUT2D eigenvalue weighted by Crippen LogP contribution is 2.18. The van der Waals surface area contributed by atoms with Crippen molar-refractivity contribution in [3.05, 3.63) is 23.2 Å². The molecule has 3 nitrogen and oxygen atoms in total. The molecular formula is C6H5BClF3NO2S-. The van der Waals surface area contributed by atoms with Crippen LogP contribution in [0.25, 0.3) is 0 Å². The molecule has 15 heavy (non-hydrogen) atoms. The van der Waals surface area contributed by atoms with Crippen molar-refractivity contribution in [3.63, 3.8) is 0 Å². The number of benzene rings is 1. The van der Waals surface area contributed by atoms with Gasteiger partial charge in [-0.15, -0.1) is 0 Å². The minimum Gasteiger partial charge on any atom is -0.445 e. The van der Waals surface area contributed by atoms with E-state index in [4.69, 9.17) is 11.6 Å². The Kier molecular flexibility index (Phi) is 3.04. The molecule has 0 aromatic heterocycles. The number of hydrogen-bond donors (Lipinski definition) is 1. The molecule has 0 saturated carbocycles. The van der Waals surface area contributed by atoms with Crippen molar-refractivity contribution in [2.24, 2.45) is 5.14 Å². The van der Waals surface area contributed by atoms with Crippen LogP contribution in [0.4, 0.5) is 12.9 Å². The zero-order valence-electron chi connectivity index (χ0n) is 7.12. The predicted octanol–water partition coefficient (Wildman–Crippen LogP) is 1.04. The van der Waals surface area contributed by atoms with Crippen LogP contribution in [-0.4, -0.2) is 15.4 Å². The van der Waals surface area contributed by atoms with Crippen LogP contribution < -0.4 is 10.6 Å². The van der Waals surface area contributed by atoms with Gasteiger partial charge in [-0.25, -0.2) is 13.6 Å². The van der Waals surface area contributed by atoms with Crippen molar-refractivity contribution in [1.82, 2.24) is 0 Å². The van der Waals surface area contributed by atoms with Gasteiger partial charge in [0.2, 0.25) is 10.0 Å². The van der Waals surface area contributed by atoms with E-state index in [-0.39, 0.29) is 0 Å². The molecule has 0 unspecified atom stereocenters. The molecule has 1 rings (SSSR count). The molecule has 0 aliphatic carbocycles. The third-order valence-electron chi connectivity index (χ3n) is 1.65. The molecule has 0 aliphatic rings. The predicted molar refractivity (Wildman–Crippen MR) is 51.5 cm³/mol. The Balaban J connectivity index is 3.43. The van der Waals surface area contributed by atoms with Gasteiger partial charge in [0.25, 0.3) is 0 Å². The summed E-state index contributed by atoms with van der Waals surface area (Å²) >= 11 is 5.29. The Morgan fingerprint density at radius 3 is 2.20 bits per heavy atom. The number of primary sulfonamides is 1. The van der Waals surface area contributed by atoms with Crippen molar-refractivity contribution in [2.75, 3.05) is 0 Å². The molecule has 0 fully saturated rings. The van der Waals surface area contributed by atoms with Crippen LogP contribution in [0.1, 0.15) is 0 Å². The van der Waals surface area contributed by atoms with Gasteiger partial charge in [0.05, 0.1) is 4.90 Å². The smallest absolute Gasteiger partial charge is 0.445 e. The van der Waals surface area contributed by atoms with E-state index in [0.717, 1.165) is 12.1 Å². The van der Waals surface area contributed by atoms with Crippen LogP contribution in [0.15, 0.2) is 23.1 Å². The van der Waals surface area contributed by atoms with E-state index in [1.54, 1.807) is 0 Å². The quantitative estimate of drug-likeness (QED) is 0.806. The molecule has 0 amide bonds. The van der Waals surface area contributed by atoms with Crippen molar-refractivity contribution in [3.8, 4) is 0 Å². The first kappa shape index (κ1) is 12.3. The molecule has 2 N–H and O–H groups in total. The van der Waals surface area contributed by atoms with Crippen LogP contribution in [-0.2, 0) is 10.0 Å². The van der Waals surface area contributed by atoms with Gasteiger partial charge < -0.3 is 12.9 Å². The SMILES string of the molecule is NS(=O)(=O)c1ccc(Cl)c([B-](F)(F)F)c1. The molecule has 1 aromatic rings. The molecular weight excluding hydrogens is 253 g/mol. The molecule has 0 aliphatic heterocycles. The van der Waals surface area contributed by atoms with Gasteiger partial charge in [0.1, 0.15) is 0 Å². The average Bonchev–Trinajstić information content (AvgIpc) is 2.00. The molecule has 84 valence electrons. The maximum atomic E-state index is 12.4. The van der Waals surface area contributed by atoms with Crippen LogP contribution in [0.3, 0.4) is 0 Å². The van der Waals surface area contributed by atoms with Crippen LogP contribution >= 0.6 is 11.6 Å². The van der Waals surface area contributed by atoms with Crippen LogP contribution in [0, 0.1) is 0 Å². The summed E-state index contributed by atoms with van der Waals surface area (Å²) in [6.07, 6.45) is 0. The molecule has 1 aromatic carbocycles. The molecule has 9 heteroatoms. The van der Waals surface area contributed by atoms with Gasteiger partial charge >= 0.3 is 6.98 Å². The summed E-state index contributed by atoms with van der Waals surface area (Å²) in [5.74, 6) is 0. The van der Waals surface area contributed by atoms with Gasteiger partial charge in [-0.2, -0.15) is 0 Å². The van der Waals surface area contributed by atoms with E-state index in [1.165, 1.54) is 0 Å². The monoisotopic (exact) mass is 258 g/mol. The normalized spacial score (nSPS) is 12.9. The maximum Gasteiger partial charge on any atom is 0.511 e. The second-order valence-electron chi connectivity index (χ2n) is 2.80. The molecule has 0 bridgehead atoms. The lowest BCUT2D eigenvalue weighted by Gasteiger charge is -2.17. The Morgan fingerprint density at radius 2 is 1.80 bits per heavy atom. The molecule has 0 spiro atoms. The highest BCUT2D eigenvalue weighted by Gasteiger charge is 2.29. The topological polar surface area (TPSA) is 60.2 Å². The van der Waals surface area contributed by atoms with Crippen molar-refractivity contribution < 1.29 is 21.4 Å². The van der Waals surface area contributed by atoms with Crippen LogP contribution in [0.2, 0.25) is 5.02 Å². The maximum absolute atomic E-state index is 12.4. The van der Waals surface area contributed by atoms with Gasteiger partial charge in [0.15, 0.2) is 0 Å². The number of hydrogen-bond acceptors (Lipinski definition) is 2. The summed E-state index contributed by atoms with van der Waals surface area (Å²) in [6, 6.07) is 2.20. The van der Waals surface area contributed by atoms with E-state index in [9.17, 15) is 21.4 Å². The first-order chi connectivity index (χ1) is 6.62. The number of nitrogens with two attached hydrogens (primary N) is 1. The van der Waals surface area contributed by atoms with Gasteiger partial charge in [0, 0.05) is 5.02 Å². The summed E-state index contributed by atoms with van der Waals surface area (Å²) in [4.78, 5) is -0.610. The van der Waals surface area contributed by atoms with Gasteiger partial charge in [-0.1, -0.05) is 23.1 Å². The summed E-state index contributed by atoms with van der Waals surface area (Å²) in [5.41, 5.74) is -1.16. The van der Waals surface area contributed by atoms with Gasteiger partial charge in [-0.3, -0.25) is 0 Å². The zero-order chi connectivity index (χ0) is 11.9. The van der Waals surface area contributed by atoms with E-state index in [0.29, 0.717) is 6.07 Å². The minimum absolute atomic E-state index is 0.428. The Morgan fingerprint density at radius 1 is 1.27 bits per heavy atom. The lowest BCUT2D eigenvalue weighted by atomic mass is 9.80. The average molecular weight is 258 g/mol. The number of rotatable bonds is 2. The Labute approximate surface area is 89.1 Å². The second-order valence-corrected chi connectivity index (χ2v) is 4.77. The second kappa shape index (κ2) is 3.69. The zero-order valence-corrected chi connectivity index (χ0v) is 8.70. The molecule has 0 atom stereocenters. The first-order valence-electron chi connectivity index (χ1n) is 3.64. The number of sulfonamides is 1. The van der Waals surface area contributed by atoms with E-state index >= 15 is 0 Å². The third kappa shape index (κ3) is 2.86. The molecule has 0 radical (unpaired) electrons. The van der Waals surface area contributed by atoms with Crippen molar-refractivity contribution in [2.45, 2.75) is 4.90 Å². The number of halogens is 4. The summed E-state index contributed by atoms with van der Waals surface area (Å²) in [7, 11) is -4.15. The standard InChI is InChI=1S/C6H5BClF3NO2S/c8-6-2-1-4(15(12,13)14)3-5(6)7(9,10)11/h1-3H,(H2,12,13,14)/q-1. The van der Waals surface area contributed by atoms with Crippen molar-refractivity contribution in [1.29, 1.82) is 0 Å². The first-order valence-corrected chi connectivity index (χ1v) is 5.57. The van der Waals surface area contributed by atoms with Gasteiger partial charge in [-0.05, 0) is 12.1 Å². The van der Waals surface area contributed by atoms with E-state index in [1.807, 2.05) is 0 Å². The highest BCUT2D eigenvalue weighted by atomic mass is 35.5. The minimum atomic E-state index is -5.35. The van der Waals surface area contributed by atoms with Crippen LogP contribution in [0.5, 0.6) is 0 Å². The van der Waals surface area contributed by atoms with E-state index < -0.39 is 32.4 Å². The fraction of sp³-hybridized carbons (Fsp3) is 0. The highest BCUT2D eigenvalue weighted by molar-refractivity contribution is 7.89. The lowest BCUT2D eigenvalue weighted by molar-refractivity contribution is 0.501. The fourth-order valence-corrected chi connectivity index (χ4v) is 1.74. The van der Waals surface area contributed by atoms with Crippen molar-refractivity contribution >= 4 is 34.1 Å². The summed E-state index contributed by atoms with van der Waals surface area (Å²) < 4.78 is 58.7. The van der Waals surface area contributed by atoms with E-state index in [2.05, 4.69) is 5.14 Å².